The Bertz CT molecular complexity index is 1060. The van der Waals surface area contributed by atoms with E-state index in [9.17, 15) is 24.0 Å². The molecule has 0 aromatic carbocycles. The van der Waals surface area contributed by atoms with Crippen molar-refractivity contribution < 1.29 is 61.9 Å². The number of carbonyl (C=O) groups is 5. The first-order chi connectivity index (χ1) is 26.0. The van der Waals surface area contributed by atoms with E-state index < -0.39 is 11.8 Å². The van der Waals surface area contributed by atoms with Crippen molar-refractivity contribution in [2.75, 3.05) is 132 Å². The molecule has 1 rings (SSSR count). The van der Waals surface area contributed by atoms with Crippen LogP contribution >= 0.6 is 0 Å². The summed E-state index contributed by atoms with van der Waals surface area (Å²) in [6.45, 7) is 16.5. The van der Waals surface area contributed by atoms with Gasteiger partial charge in [0.1, 0.15) is 0 Å². The van der Waals surface area contributed by atoms with Gasteiger partial charge in [-0.1, -0.05) is 27.7 Å². The molecule has 0 saturated carbocycles. The molecule has 0 aliphatic carbocycles. The largest absolute Gasteiger partial charge is 0.379 e. The smallest absolute Gasteiger partial charge is 0.253 e. The second-order valence-electron chi connectivity index (χ2n) is 13.3. The number of ether oxygens (including phenoxy) is 8. The maximum Gasteiger partial charge on any atom is 0.253 e. The molecular weight excluding hydrogens is 708 g/mol. The molecule has 17 heteroatoms. The number of nitrogens with zero attached hydrogens (tertiary/aromatic N) is 1. The lowest BCUT2D eigenvalue weighted by Crippen LogP contribution is -2.35. The summed E-state index contributed by atoms with van der Waals surface area (Å²) in [6.07, 6.45) is 3.99. The monoisotopic (exact) mass is 774 g/mol. The van der Waals surface area contributed by atoms with Crippen LogP contribution in [0, 0.1) is 11.3 Å². The average Bonchev–Trinajstić information content (AvgIpc) is 3.46. The minimum absolute atomic E-state index is 0.00743. The molecule has 0 atom stereocenters. The predicted molar refractivity (Wildman–Crippen MR) is 199 cm³/mol. The van der Waals surface area contributed by atoms with Crippen LogP contribution in [0.25, 0.3) is 0 Å². The van der Waals surface area contributed by atoms with Crippen LogP contribution in [0.3, 0.4) is 0 Å². The second-order valence-corrected chi connectivity index (χ2v) is 13.3. The summed E-state index contributed by atoms with van der Waals surface area (Å²) in [7, 11) is 0. The third-order valence-electron chi connectivity index (χ3n) is 8.44. The number of rotatable bonds is 37. The van der Waals surface area contributed by atoms with Crippen molar-refractivity contribution in [2.45, 2.75) is 53.4 Å². The van der Waals surface area contributed by atoms with Gasteiger partial charge < -0.3 is 53.8 Å². The van der Waals surface area contributed by atoms with Crippen LogP contribution in [0.5, 0.6) is 0 Å². The summed E-state index contributed by atoms with van der Waals surface area (Å²) in [6, 6.07) is 0. The second kappa shape index (κ2) is 32.2. The Morgan fingerprint density at radius 3 is 1.26 bits per heavy atom. The predicted octanol–water partition coefficient (Wildman–Crippen LogP) is 0.635. The van der Waals surface area contributed by atoms with Crippen molar-refractivity contribution in [3.8, 4) is 0 Å². The molecule has 0 bridgehead atoms. The van der Waals surface area contributed by atoms with Gasteiger partial charge in [-0.15, -0.1) is 0 Å². The van der Waals surface area contributed by atoms with E-state index in [4.69, 9.17) is 37.9 Å². The number of nitrogens with one attached hydrogen (secondary N) is 3. The van der Waals surface area contributed by atoms with Gasteiger partial charge >= 0.3 is 0 Å². The Morgan fingerprint density at radius 1 is 0.519 bits per heavy atom. The molecule has 54 heavy (non-hydrogen) atoms. The van der Waals surface area contributed by atoms with Crippen molar-refractivity contribution >= 4 is 29.5 Å². The Morgan fingerprint density at radius 2 is 0.852 bits per heavy atom. The average molecular weight is 775 g/mol. The van der Waals surface area contributed by atoms with Crippen molar-refractivity contribution in [2.24, 2.45) is 11.3 Å². The van der Waals surface area contributed by atoms with E-state index in [1.54, 1.807) is 0 Å². The van der Waals surface area contributed by atoms with E-state index in [0.717, 1.165) is 11.3 Å². The quantitative estimate of drug-likeness (QED) is 0.0588. The van der Waals surface area contributed by atoms with Crippen molar-refractivity contribution in [1.82, 2.24) is 20.9 Å². The highest BCUT2D eigenvalue weighted by atomic mass is 16.6. The Balaban J connectivity index is 1.71. The summed E-state index contributed by atoms with van der Waals surface area (Å²) < 4.78 is 43.6. The normalized spacial score (nSPS) is 12.9. The zero-order valence-corrected chi connectivity index (χ0v) is 33.0. The van der Waals surface area contributed by atoms with Crippen LogP contribution in [0.15, 0.2) is 12.2 Å². The summed E-state index contributed by atoms with van der Waals surface area (Å²) in [5.74, 6) is -0.667. The molecule has 17 nitrogen and oxygen atoms in total. The first-order valence-electron chi connectivity index (χ1n) is 19.0. The molecule has 5 amide bonds. The molecule has 3 N–H and O–H groups in total. The molecule has 0 saturated heterocycles. The van der Waals surface area contributed by atoms with E-state index in [-0.39, 0.29) is 42.5 Å². The molecule has 1 aliphatic rings. The van der Waals surface area contributed by atoms with Gasteiger partial charge in [0.25, 0.3) is 11.8 Å². The third-order valence-corrected chi connectivity index (χ3v) is 8.44. The standard InChI is InChI=1S/C37H66N4O13/c1-31(2)37(3,4)10-7-32(42)38-11-12-39-34(44)9-15-47-17-19-49-21-23-51-25-27-53-29-30-54-28-26-52-24-22-50-20-18-48-16-13-40-33(43)8-14-41-35(45)5-6-36(41)46/h5-6,31H,7-30H2,1-4H3,(H,38,42)(H,39,44)(H,40,43). The van der Waals surface area contributed by atoms with Gasteiger partial charge in [0.15, 0.2) is 0 Å². The molecule has 0 spiro atoms. The van der Waals surface area contributed by atoms with Crippen LogP contribution in [0.2, 0.25) is 0 Å². The summed E-state index contributed by atoms with van der Waals surface area (Å²) in [5, 5.41) is 8.30. The van der Waals surface area contributed by atoms with Crippen molar-refractivity contribution in [3.05, 3.63) is 12.2 Å². The molecule has 0 aromatic heterocycles. The number of amides is 5. The lowest BCUT2D eigenvalue weighted by Gasteiger charge is -2.28. The van der Waals surface area contributed by atoms with Gasteiger partial charge in [-0.05, 0) is 17.8 Å². The van der Waals surface area contributed by atoms with Crippen LogP contribution in [0.4, 0.5) is 0 Å². The topological polar surface area (TPSA) is 199 Å². The summed E-state index contributed by atoms with van der Waals surface area (Å²) in [4.78, 5) is 59.6. The first-order valence-corrected chi connectivity index (χ1v) is 19.0. The van der Waals surface area contributed by atoms with Gasteiger partial charge in [0, 0.05) is 57.6 Å². The van der Waals surface area contributed by atoms with E-state index >= 15 is 0 Å². The highest BCUT2D eigenvalue weighted by Gasteiger charge is 2.24. The van der Waals surface area contributed by atoms with Crippen LogP contribution in [0.1, 0.15) is 53.4 Å². The molecule has 0 fully saturated rings. The van der Waals surface area contributed by atoms with E-state index in [2.05, 4.69) is 43.6 Å². The molecule has 1 heterocycles. The van der Waals surface area contributed by atoms with Gasteiger partial charge in [-0.3, -0.25) is 28.9 Å². The summed E-state index contributed by atoms with van der Waals surface area (Å²) in [5.41, 5.74) is 0.120. The first kappa shape index (κ1) is 49.0. The molecular formula is C37H66N4O13. The zero-order valence-electron chi connectivity index (χ0n) is 33.0. The maximum atomic E-state index is 12.0. The van der Waals surface area contributed by atoms with E-state index in [1.165, 1.54) is 12.2 Å². The zero-order chi connectivity index (χ0) is 39.7. The minimum Gasteiger partial charge on any atom is -0.379 e. The number of carbonyl (C=O) groups excluding carboxylic acids is 5. The summed E-state index contributed by atoms with van der Waals surface area (Å²) >= 11 is 0. The van der Waals surface area contributed by atoms with E-state index in [1.807, 2.05) is 0 Å². The highest BCUT2D eigenvalue weighted by Crippen LogP contribution is 2.31. The lowest BCUT2D eigenvalue weighted by molar-refractivity contribution is -0.137. The van der Waals surface area contributed by atoms with Crippen LogP contribution in [-0.4, -0.2) is 166 Å². The molecule has 1 aliphatic heterocycles. The SMILES string of the molecule is CC(C)C(C)(C)CCC(=O)NCCNC(=O)CCOCCOCCOCCOCCOCCOCCOCCOCCNC(=O)CCN1C(=O)C=CC1=O. The highest BCUT2D eigenvalue weighted by molar-refractivity contribution is 6.13. The minimum atomic E-state index is -0.401. The van der Waals surface area contributed by atoms with Gasteiger partial charge in [-0.2, -0.15) is 0 Å². The number of hydrogen-bond donors (Lipinski definition) is 3. The number of imide groups is 1. The van der Waals surface area contributed by atoms with Gasteiger partial charge in [0.05, 0.1) is 106 Å². The Hall–Kier alpha value is -3.03. The van der Waals surface area contributed by atoms with Crippen LogP contribution < -0.4 is 16.0 Å². The lowest BCUT2D eigenvalue weighted by atomic mass is 9.77. The van der Waals surface area contributed by atoms with Gasteiger partial charge in [-0.25, -0.2) is 0 Å². The molecule has 0 unspecified atom stereocenters. The Labute approximate surface area is 320 Å². The third kappa shape index (κ3) is 27.5. The molecule has 0 aromatic rings. The van der Waals surface area contributed by atoms with E-state index in [0.29, 0.717) is 138 Å². The number of hydrogen-bond acceptors (Lipinski definition) is 13. The fourth-order valence-electron chi connectivity index (χ4n) is 4.33. The fourth-order valence-corrected chi connectivity index (χ4v) is 4.33. The maximum absolute atomic E-state index is 12.0. The van der Waals surface area contributed by atoms with Crippen molar-refractivity contribution in [3.63, 3.8) is 0 Å². The Kier molecular flexibility index (Phi) is 29.2. The van der Waals surface area contributed by atoms with Gasteiger partial charge in [0.2, 0.25) is 17.7 Å². The fraction of sp³-hybridized carbons (Fsp3) is 0.811. The molecule has 312 valence electrons. The van der Waals surface area contributed by atoms with Crippen molar-refractivity contribution in [1.29, 1.82) is 0 Å². The molecule has 0 radical (unpaired) electrons. The van der Waals surface area contributed by atoms with Crippen LogP contribution in [-0.2, 0) is 61.9 Å².